The summed E-state index contributed by atoms with van der Waals surface area (Å²) >= 11 is 0. The lowest BCUT2D eigenvalue weighted by molar-refractivity contribution is 0.0954. The Kier molecular flexibility index (Phi) is 3.98. The highest BCUT2D eigenvalue weighted by molar-refractivity contribution is 6.05. The van der Waals surface area contributed by atoms with Gasteiger partial charge in [0.25, 0.3) is 5.91 Å². The van der Waals surface area contributed by atoms with Gasteiger partial charge in [-0.15, -0.1) is 0 Å². The quantitative estimate of drug-likeness (QED) is 0.790. The third-order valence-electron chi connectivity index (χ3n) is 2.83. The molecule has 2 N–H and O–H groups in total. The molecule has 1 heterocycles. The Bertz CT molecular complexity index is 580. The molecule has 0 saturated carbocycles. The number of nitrogens with zero attached hydrogens (tertiary/aromatic N) is 1. The fourth-order valence-electron chi connectivity index (χ4n) is 1.90. The lowest BCUT2D eigenvalue weighted by atomic mass is 10.1. The predicted octanol–water partition coefficient (Wildman–Crippen LogP) is 2.59. The zero-order valence-electron chi connectivity index (χ0n) is 10.1. The van der Waals surface area contributed by atoms with Gasteiger partial charge in [0.2, 0.25) is 0 Å². The number of fused-ring (bicyclic) bond motifs is 1. The average Bonchev–Trinajstić information content (AvgIpc) is 2.86. The second-order valence-electron chi connectivity index (χ2n) is 4.12. The van der Waals surface area contributed by atoms with Crippen LogP contribution in [-0.2, 0) is 0 Å². The Labute approximate surface area is 106 Å². The molecule has 0 unspecified atom stereocenters. The van der Waals surface area contributed by atoms with Gasteiger partial charge in [-0.1, -0.05) is 12.1 Å². The second kappa shape index (κ2) is 5.87. The number of amides is 1. The van der Waals surface area contributed by atoms with Crippen LogP contribution >= 0.6 is 0 Å². The van der Waals surface area contributed by atoms with Crippen molar-refractivity contribution in [1.82, 2.24) is 10.3 Å². The zero-order valence-corrected chi connectivity index (χ0v) is 10.1. The van der Waals surface area contributed by atoms with Crippen LogP contribution in [0.15, 0.2) is 30.5 Å². The number of benzene rings is 1. The first-order valence-electron chi connectivity index (χ1n) is 6.04. The van der Waals surface area contributed by atoms with Gasteiger partial charge in [0.1, 0.15) is 0 Å². The fraction of sp³-hybridized carbons (Fsp3) is 0.286. The Morgan fingerprint density at radius 3 is 3.06 bits per heavy atom. The summed E-state index contributed by atoms with van der Waals surface area (Å²) in [5.74, 6) is -0.0694. The molecule has 1 amide bonds. The van der Waals surface area contributed by atoms with E-state index < -0.39 is 0 Å². The van der Waals surface area contributed by atoms with E-state index in [-0.39, 0.29) is 5.91 Å². The lowest BCUT2D eigenvalue weighted by Crippen LogP contribution is -2.24. The van der Waals surface area contributed by atoms with Crippen molar-refractivity contribution >= 4 is 16.8 Å². The van der Waals surface area contributed by atoms with Gasteiger partial charge in [0.15, 0.2) is 0 Å². The highest BCUT2D eigenvalue weighted by Crippen LogP contribution is 2.16. The van der Waals surface area contributed by atoms with Crippen molar-refractivity contribution in [3.63, 3.8) is 0 Å². The van der Waals surface area contributed by atoms with Crippen molar-refractivity contribution in [2.45, 2.75) is 19.3 Å². The molecule has 0 aliphatic carbocycles. The number of hydrogen-bond donors (Lipinski definition) is 2. The highest BCUT2D eigenvalue weighted by Gasteiger charge is 2.09. The fourth-order valence-corrected chi connectivity index (χ4v) is 1.90. The molecule has 1 aromatic heterocycles. The van der Waals surface area contributed by atoms with Crippen LogP contribution in [0.1, 0.15) is 29.6 Å². The number of rotatable bonds is 5. The Hall–Kier alpha value is -2.28. The minimum absolute atomic E-state index is 0.0694. The number of hydrogen-bond acceptors (Lipinski definition) is 2. The Morgan fingerprint density at radius 1 is 1.33 bits per heavy atom. The standard InChI is InChI=1S/C14H15N3O/c15-8-2-1-3-9-17-14(18)12-6-4-5-11-7-10-16-13(11)12/h4-7,10,16H,1-3,9H2,(H,17,18). The molecule has 0 radical (unpaired) electrons. The number of unbranched alkanes of at least 4 members (excludes halogenated alkanes) is 2. The van der Waals surface area contributed by atoms with E-state index in [0.29, 0.717) is 18.5 Å². The van der Waals surface area contributed by atoms with Gasteiger partial charge in [-0.25, -0.2) is 0 Å². The van der Waals surface area contributed by atoms with Crippen molar-refractivity contribution in [1.29, 1.82) is 5.26 Å². The number of carbonyl (C=O) groups excluding carboxylic acids is 1. The minimum Gasteiger partial charge on any atom is -0.361 e. The van der Waals surface area contributed by atoms with Gasteiger partial charge in [-0.05, 0) is 25.0 Å². The van der Waals surface area contributed by atoms with Crippen LogP contribution in [0.3, 0.4) is 0 Å². The molecule has 0 atom stereocenters. The molecule has 92 valence electrons. The number of nitriles is 1. The molecule has 0 aliphatic heterocycles. The molecule has 0 fully saturated rings. The smallest absolute Gasteiger partial charge is 0.253 e. The molecule has 0 aliphatic rings. The first kappa shape index (κ1) is 12.2. The largest absolute Gasteiger partial charge is 0.361 e. The van der Waals surface area contributed by atoms with Crippen molar-refractivity contribution in [2.24, 2.45) is 0 Å². The summed E-state index contributed by atoms with van der Waals surface area (Å²) in [6.07, 6.45) is 4.03. The maximum Gasteiger partial charge on any atom is 0.253 e. The van der Waals surface area contributed by atoms with Crippen molar-refractivity contribution in [2.75, 3.05) is 6.54 Å². The van der Waals surface area contributed by atoms with Crippen molar-refractivity contribution in [3.05, 3.63) is 36.0 Å². The first-order valence-corrected chi connectivity index (χ1v) is 6.04. The van der Waals surface area contributed by atoms with E-state index in [0.717, 1.165) is 23.7 Å². The van der Waals surface area contributed by atoms with E-state index in [1.54, 1.807) is 0 Å². The average molecular weight is 241 g/mol. The highest BCUT2D eigenvalue weighted by atomic mass is 16.1. The lowest BCUT2D eigenvalue weighted by Gasteiger charge is -2.05. The van der Waals surface area contributed by atoms with E-state index in [9.17, 15) is 4.79 Å². The number of aromatic amines is 1. The normalized spacial score (nSPS) is 10.2. The van der Waals surface area contributed by atoms with Crippen LogP contribution in [0.25, 0.3) is 10.9 Å². The van der Waals surface area contributed by atoms with Crippen molar-refractivity contribution < 1.29 is 4.79 Å². The van der Waals surface area contributed by atoms with E-state index in [1.807, 2.05) is 30.5 Å². The van der Waals surface area contributed by atoms with Crippen LogP contribution in [-0.4, -0.2) is 17.4 Å². The molecular weight excluding hydrogens is 226 g/mol. The molecule has 0 spiro atoms. The number of H-pyrrole nitrogens is 1. The monoisotopic (exact) mass is 241 g/mol. The van der Waals surface area contributed by atoms with E-state index in [2.05, 4.69) is 16.4 Å². The third kappa shape index (κ3) is 2.69. The topological polar surface area (TPSA) is 68.7 Å². The molecule has 18 heavy (non-hydrogen) atoms. The molecule has 0 bridgehead atoms. The van der Waals surface area contributed by atoms with E-state index in [1.165, 1.54) is 0 Å². The zero-order chi connectivity index (χ0) is 12.8. The maximum absolute atomic E-state index is 12.0. The first-order chi connectivity index (χ1) is 8.83. The van der Waals surface area contributed by atoms with Gasteiger partial charge in [-0.2, -0.15) is 5.26 Å². The van der Waals surface area contributed by atoms with Crippen LogP contribution in [0.2, 0.25) is 0 Å². The van der Waals surface area contributed by atoms with E-state index in [4.69, 9.17) is 5.26 Å². The van der Waals surface area contributed by atoms with Crippen LogP contribution in [0.5, 0.6) is 0 Å². The summed E-state index contributed by atoms with van der Waals surface area (Å²) < 4.78 is 0. The molecule has 0 saturated heterocycles. The molecular formula is C14H15N3O. The number of nitrogens with one attached hydrogen (secondary N) is 2. The molecule has 2 rings (SSSR count). The predicted molar refractivity (Wildman–Crippen MR) is 70.1 cm³/mol. The maximum atomic E-state index is 12.0. The van der Waals surface area contributed by atoms with Crippen molar-refractivity contribution in [3.8, 4) is 6.07 Å². The van der Waals surface area contributed by atoms with E-state index >= 15 is 0 Å². The van der Waals surface area contributed by atoms with Crippen LogP contribution in [0.4, 0.5) is 0 Å². The SMILES string of the molecule is N#CCCCCNC(=O)c1cccc2cc[nH]c12. The summed E-state index contributed by atoms with van der Waals surface area (Å²) in [4.78, 5) is 15.1. The van der Waals surface area contributed by atoms with Gasteiger partial charge in [0.05, 0.1) is 17.1 Å². The third-order valence-corrected chi connectivity index (χ3v) is 2.83. The molecule has 4 heteroatoms. The van der Waals surface area contributed by atoms with Crippen LogP contribution in [0, 0.1) is 11.3 Å². The Morgan fingerprint density at radius 2 is 2.22 bits per heavy atom. The molecule has 2 aromatic rings. The summed E-state index contributed by atoms with van der Waals surface area (Å²) in [6, 6.07) is 9.69. The summed E-state index contributed by atoms with van der Waals surface area (Å²) in [7, 11) is 0. The molecule has 1 aromatic carbocycles. The Balaban J connectivity index is 1.97. The van der Waals surface area contributed by atoms with Crippen LogP contribution < -0.4 is 5.32 Å². The number of para-hydroxylation sites is 1. The minimum atomic E-state index is -0.0694. The van der Waals surface area contributed by atoms with Gasteiger partial charge in [0, 0.05) is 24.5 Å². The van der Waals surface area contributed by atoms with Gasteiger partial charge >= 0.3 is 0 Å². The number of aromatic nitrogens is 1. The summed E-state index contributed by atoms with van der Waals surface area (Å²) in [5, 5.41) is 12.3. The second-order valence-corrected chi connectivity index (χ2v) is 4.12. The van der Waals surface area contributed by atoms with Gasteiger partial charge < -0.3 is 10.3 Å². The summed E-state index contributed by atoms with van der Waals surface area (Å²) in [5.41, 5.74) is 1.53. The molecule has 4 nitrogen and oxygen atoms in total. The summed E-state index contributed by atoms with van der Waals surface area (Å²) in [6.45, 7) is 0.609. The number of carbonyl (C=O) groups is 1. The van der Waals surface area contributed by atoms with Gasteiger partial charge in [-0.3, -0.25) is 4.79 Å².